The maximum atomic E-state index is 5.37. The van der Waals surface area contributed by atoms with Crippen LogP contribution < -0.4 is 0 Å². The van der Waals surface area contributed by atoms with Gasteiger partial charge in [0.1, 0.15) is 0 Å². The zero-order chi connectivity index (χ0) is 10.7. The highest BCUT2D eigenvalue weighted by molar-refractivity contribution is 7.81. The summed E-state index contributed by atoms with van der Waals surface area (Å²) in [6, 6.07) is 6.39. The summed E-state index contributed by atoms with van der Waals surface area (Å²) in [6.45, 7) is 8.32. The number of thiocarbonyl (C=S) groups is 1. The lowest BCUT2D eigenvalue weighted by Gasteiger charge is -2.05. The van der Waals surface area contributed by atoms with Crippen LogP contribution in [0.1, 0.15) is 30.5 Å². The number of benzene rings is 1. The Bertz CT molecular complexity index is 382. The largest absolute Gasteiger partial charge is 0.0794 e. The summed E-state index contributed by atoms with van der Waals surface area (Å²) in [5.41, 5.74) is 4.94. The third kappa shape index (κ3) is 2.78. The van der Waals surface area contributed by atoms with Gasteiger partial charge in [-0.25, -0.2) is 0 Å². The van der Waals surface area contributed by atoms with Crippen LogP contribution in [0.2, 0.25) is 0 Å². The quantitative estimate of drug-likeness (QED) is 0.399. The Hall–Kier alpha value is -0.950. The standard InChI is InChI=1S/C13H16S/c1-9(2)7-13(14)12-8-10(3)5-6-11(12)4/h5-8H,1-4H3. The van der Waals surface area contributed by atoms with Crippen molar-refractivity contribution in [2.45, 2.75) is 27.7 Å². The van der Waals surface area contributed by atoms with E-state index in [9.17, 15) is 0 Å². The first kappa shape index (κ1) is 11.1. The molecule has 0 aliphatic carbocycles. The molecule has 1 heteroatoms. The van der Waals surface area contributed by atoms with Crippen LogP contribution in [-0.4, -0.2) is 4.86 Å². The van der Waals surface area contributed by atoms with Crippen LogP contribution >= 0.6 is 12.2 Å². The van der Waals surface area contributed by atoms with Crippen molar-refractivity contribution in [3.8, 4) is 0 Å². The Kier molecular flexibility index (Phi) is 3.59. The van der Waals surface area contributed by atoms with E-state index in [1.807, 2.05) is 0 Å². The third-order valence-corrected chi connectivity index (χ3v) is 2.42. The Morgan fingerprint density at radius 3 is 2.43 bits per heavy atom. The maximum Gasteiger partial charge on any atom is 0.0451 e. The second-order valence-electron chi connectivity index (χ2n) is 3.90. The van der Waals surface area contributed by atoms with Gasteiger partial charge in [-0.15, -0.1) is 0 Å². The molecule has 0 fully saturated rings. The minimum atomic E-state index is 0.936. The molecule has 0 aliphatic rings. The first-order valence-electron chi connectivity index (χ1n) is 4.77. The molecular formula is C13H16S. The summed E-state index contributed by atoms with van der Waals surface area (Å²) in [7, 11) is 0. The van der Waals surface area contributed by atoms with Crippen LogP contribution in [0.3, 0.4) is 0 Å². The molecule has 0 saturated carbocycles. The third-order valence-electron chi connectivity index (χ3n) is 2.08. The molecule has 0 N–H and O–H groups in total. The lowest BCUT2D eigenvalue weighted by atomic mass is 10.0. The van der Waals surface area contributed by atoms with Gasteiger partial charge in [-0.3, -0.25) is 0 Å². The van der Waals surface area contributed by atoms with Crippen LogP contribution in [0.25, 0.3) is 0 Å². The summed E-state index contributed by atoms with van der Waals surface area (Å²) in [4.78, 5) is 0.936. The number of rotatable bonds is 2. The van der Waals surface area contributed by atoms with E-state index < -0.39 is 0 Å². The molecule has 0 nitrogen and oxygen atoms in total. The van der Waals surface area contributed by atoms with E-state index in [1.165, 1.54) is 22.3 Å². The molecule has 0 spiro atoms. The average Bonchev–Trinajstić information content (AvgIpc) is 2.08. The van der Waals surface area contributed by atoms with Gasteiger partial charge < -0.3 is 0 Å². The van der Waals surface area contributed by atoms with Crippen molar-refractivity contribution in [2.75, 3.05) is 0 Å². The molecule has 0 radical (unpaired) electrons. The molecule has 0 unspecified atom stereocenters. The normalized spacial score (nSPS) is 9.71. The summed E-state index contributed by atoms with van der Waals surface area (Å²) in [5.74, 6) is 0. The molecule has 0 heterocycles. The van der Waals surface area contributed by atoms with Gasteiger partial charge in [0.05, 0.1) is 0 Å². The summed E-state index contributed by atoms with van der Waals surface area (Å²) >= 11 is 5.37. The molecule has 0 bridgehead atoms. The van der Waals surface area contributed by atoms with Gasteiger partial charge in [0.2, 0.25) is 0 Å². The van der Waals surface area contributed by atoms with Crippen LogP contribution in [0.15, 0.2) is 29.8 Å². The molecule has 0 aromatic heterocycles. The topological polar surface area (TPSA) is 0 Å². The summed E-state index contributed by atoms with van der Waals surface area (Å²) in [6.07, 6.45) is 2.05. The average molecular weight is 204 g/mol. The van der Waals surface area contributed by atoms with Crippen molar-refractivity contribution in [3.05, 3.63) is 46.5 Å². The predicted octanol–water partition coefficient (Wildman–Crippen LogP) is 3.99. The number of aryl methyl sites for hydroxylation is 2. The SMILES string of the molecule is CC(C)=CC(=S)c1cc(C)ccc1C. The Labute approximate surface area is 91.7 Å². The van der Waals surface area contributed by atoms with Gasteiger partial charge in [-0.1, -0.05) is 41.6 Å². The summed E-state index contributed by atoms with van der Waals surface area (Å²) in [5, 5.41) is 0. The highest BCUT2D eigenvalue weighted by atomic mass is 32.1. The molecule has 0 aliphatic heterocycles. The first-order chi connectivity index (χ1) is 6.50. The van der Waals surface area contributed by atoms with Crippen molar-refractivity contribution in [2.24, 2.45) is 0 Å². The lowest BCUT2D eigenvalue weighted by Crippen LogP contribution is -1.97. The van der Waals surface area contributed by atoms with E-state index in [2.05, 4.69) is 52.0 Å². The highest BCUT2D eigenvalue weighted by Gasteiger charge is 2.02. The monoisotopic (exact) mass is 204 g/mol. The second-order valence-corrected chi connectivity index (χ2v) is 4.34. The second kappa shape index (κ2) is 4.52. The van der Waals surface area contributed by atoms with Crippen LogP contribution in [0.5, 0.6) is 0 Å². The minimum absolute atomic E-state index is 0.936. The van der Waals surface area contributed by atoms with Gasteiger partial charge in [-0.05, 0) is 44.9 Å². The van der Waals surface area contributed by atoms with Gasteiger partial charge in [0.25, 0.3) is 0 Å². The van der Waals surface area contributed by atoms with E-state index in [0.29, 0.717) is 0 Å². The van der Waals surface area contributed by atoms with Gasteiger partial charge in [-0.2, -0.15) is 0 Å². The van der Waals surface area contributed by atoms with Gasteiger partial charge in [0, 0.05) is 4.86 Å². The fourth-order valence-electron chi connectivity index (χ4n) is 1.34. The fourth-order valence-corrected chi connectivity index (χ4v) is 1.80. The molecule has 0 atom stereocenters. The fraction of sp³-hybridized carbons (Fsp3) is 0.308. The highest BCUT2D eigenvalue weighted by Crippen LogP contribution is 2.13. The molecule has 0 saturated heterocycles. The molecular weight excluding hydrogens is 188 g/mol. The van der Waals surface area contributed by atoms with Crippen molar-refractivity contribution < 1.29 is 0 Å². The molecule has 1 aromatic rings. The van der Waals surface area contributed by atoms with Crippen LogP contribution in [0, 0.1) is 13.8 Å². The van der Waals surface area contributed by atoms with E-state index in [0.717, 1.165) is 4.86 Å². The van der Waals surface area contributed by atoms with E-state index in [1.54, 1.807) is 0 Å². The summed E-state index contributed by atoms with van der Waals surface area (Å²) < 4.78 is 0. The van der Waals surface area contributed by atoms with E-state index >= 15 is 0 Å². The van der Waals surface area contributed by atoms with Crippen molar-refractivity contribution in [1.29, 1.82) is 0 Å². The molecule has 74 valence electrons. The number of hydrogen-bond acceptors (Lipinski definition) is 1. The molecule has 14 heavy (non-hydrogen) atoms. The molecule has 1 aromatic carbocycles. The zero-order valence-electron chi connectivity index (χ0n) is 9.22. The minimum Gasteiger partial charge on any atom is -0.0794 e. The van der Waals surface area contributed by atoms with Crippen molar-refractivity contribution in [3.63, 3.8) is 0 Å². The molecule has 1 rings (SSSR count). The number of allylic oxidation sites excluding steroid dienone is 2. The smallest absolute Gasteiger partial charge is 0.0451 e. The lowest BCUT2D eigenvalue weighted by molar-refractivity contribution is 1.37. The van der Waals surface area contributed by atoms with Crippen molar-refractivity contribution in [1.82, 2.24) is 0 Å². The maximum absolute atomic E-state index is 5.37. The zero-order valence-corrected chi connectivity index (χ0v) is 10.0. The number of hydrogen-bond donors (Lipinski definition) is 0. The predicted molar refractivity (Wildman–Crippen MR) is 67.0 cm³/mol. The van der Waals surface area contributed by atoms with E-state index in [4.69, 9.17) is 12.2 Å². The Morgan fingerprint density at radius 1 is 1.21 bits per heavy atom. The van der Waals surface area contributed by atoms with Crippen molar-refractivity contribution >= 4 is 17.1 Å². The Balaban J connectivity index is 3.12. The van der Waals surface area contributed by atoms with Crippen LogP contribution in [-0.2, 0) is 0 Å². The van der Waals surface area contributed by atoms with Gasteiger partial charge >= 0.3 is 0 Å². The first-order valence-corrected chi connectivity index (χ1v) is 5.18. The molecule has 0 amide bonds. The Morgan fingerprint density at radius 2 is 1.86 bits per heavy atom. The van der Waals surface area contributed by atoms with Gasteiger partial charge in [0.15, 0.2) is 0 Å². The van der Waals surface area contributed by atoms with E-state index in [-0.39, 0.29) is 0 Å². The van der Waals surface area contributed by atoms with Crippen LogP contribution in [0.4, 0.5) is 0 Å².